The molecule has 5 nitrogen and oxygen atoms in total. The van der Waals surface area contributed by atoms with Gasteiger partial charge in [0.1, 0.15) is 0 Å². The highest BCUT2D eigenvalue weighted by molar-refractivity contribution is 5.96. The number of amides is 1. The average molecular weight is 293 g/mol. The Labute approximate surface area is 127 Å². The van der Waals surface area contributed by atoms with Gasteiger partial charge in [-0.25, -0.2) is 0 Å². The van der Waals surface area contributed by atoms with Gasteiger partial charge in [-0.3, -0.25) is 19.1 Å². The fourth-order valence-corrected chi connectivity index (χ4v) is 2.30. The zero-order chi connectivity index (χ0) is 15.4. The molecule has 0 fully saturated rings. The molecule has 2 heterocycles. The van der Waals surface area contributed by atoms with E-state index in [0.717, 1.165) is 10.9 Å². The molecule has 3 rings (SSSR count). The molecule has 1 aromatic carbocycles. The third-order valence-corrected chi connectivity index (χ3v) is 3.38. The monoisotopic (exact) mass is 293 g/mol. The van der Waals surface area contributed by atoms with Crippen molar-refractivity contribution in [2.24, 2.45) is 0 Å². The minimum Gasteiger partial charge on any atom is -0.325 e. The van der Waals surface area contributed by atoms with Crippen molar-refractivity contribution in [3.63, 3.8) is 0 Å². The number of hydrogen-bond acceptors (Lipinski definition) is 3. The van der Waals surface area contributed by atoms with E-state index in [-0.39, 0.29) is 24.7 Å². The first-order chi connectivity index (χ1) is 10.7. The van der Waals surface area contributed by atoms with Crippen molar-refractivity contribution in [2.45, 2.75) is 12.8 Å². The summed E-state index contributed by atoms with van der Waals surface area (Å²) in [6, 6.07) is 13.1. The Kier molecular flexibility index (Phi) is 3.96. The first kappa shape index (κ1) is 14.0. The zero-order valence-corrected chi connectivity index (χ0v) is 11.9. The Balaban J connectivity index is 1.61. The maximum atomic E-state index is 12.2. The number of carbonyl (C=O) groups is 2. The Morgan fingerprint density at radius 3 is 2.73 bits per heavy atom. The summed E-state index contributed by atoms with van der Waals surface area (Å²) in [4.78, 5) is 28.0. The van der Waals surface area contributed by atoms with Gasteiger partial charge in [0.15, 0.2) is 0 Å². The lowest BCUT2D eigenvalue weighted by atomic mass is 10.2. The predicted molar refractivity (Wildman–Crippen MR) is 84.7 cm³/mol. The summed E-state index contributed by atoms with van der Waals surface area (Å²) in [7, 11) is 0. The van der Waals surface area contributed by atoms with Crippen molar-refractivity contribution in [3.8, 4) is 0 Å². The average Bonchev–Trinajstić information content (AvgIpc) is 2.98. The van der Waals surface area contributed by atoms with E-state index in [2.05, 4.69) is 10.3 Å². The second-order valence-corrected chi connectivity index (χ2v) is 4.93. The smallest absolute Gasteiger partial charge is 0.231 e. The van der Waals surface area contributed by atoms with Crippen molar-refractivity contribution < 1.29 is 9.59 Å². The number of nitrogens with one attached hydrogen (secondary N) is 1. The number of anilines is 1. The van der Waals surface area contributed by atoms with Crippen molar-refractivity contribution >= 4 is 28.4 Å². The minimum absolute atomic E-state index is 0.0949. The fraction of sp³-hybridized carbons (Fsp3) is 0.118. The van der Waals surface area contributed by atoms with Crippen LogP contribution < -0.4 is 5.32 Å². The van der Waals surface area contributed by atoms with Crippen LogP contribution in [0.3, 0.4) is 0 Å². The molecule has 22 heavy (non-hydrogen) atoms. The maximum Gasteiger partial charge on any atom is 0.231 e. The van der Waals surface area contributed by atoms with Crippen LogP contribution >= 0.6 is 0 Å². The van der Waals surface area contributed by atoms with E-state index in [1.54, 1.807) is 35.3 Å². The number of fused-ring (bicyclic) bond motifs is 1. The zero-order valence-electron chi connectivity index (χ0n) is 11.9. The van der Waals surface area contributed by atoms with Crippen LogP contribution in [-0.2, 0) is 4.79 Å². The standard InChI is InChI=1S/C17H15N3O2/c21-16(19-14-5-3-10-18-12-14)7-8-17(22)20-11-9-13-4-1-2-6-15(13)20/h1-6,9-12H,7-8H2,(H,19,21). The Morgan fingerprint density at radius 1 is 1.05 bits per heavy atom. The van der Waals surface area contributed by atoms with Gasteiger partial charge >= 0.3 is 0 Å². The van der Waals surface area contributed by atoms with Crippen LogP contribution in [0, 0.1) is 0 Å². The highest BCUT2D eigenvalue weighted by Crippen LogP contribution is 2.16. The van der Waals surface area contributed by atoms with Crippen LogP contribution in [0.25, 0.3) is 10.9 Å². The van der Waals surface area contributed by atoms with Gasteiger partial charge in [-0.2, -0.15) is 0 Å². The SMILES string of the molecule is O=C(CCC(=O)n1ccc2ccccc21)Nc1cccnc1. The lowest BCUT2D eigenvalue weighted by Crippen LogP contribution is -2.16. The first-order valence-corrected chi connectivity index (χ1v) is 7.03. The Hall–Kier alpha value is -2.95. The number of rotatable bonds is 4. The van der Waals surface area contributed by atoms with Gasteiger partial charge in [0.25, 0.3) is 0 Å². The number of pyridine rings is 1. The van der Waals surface area contributed by atoms with Crippen LogP contribution in [0.15, 0.2) is 61.1 Å². The maximum absolute atomic E-state index is 12.2. The van der Waals surface area contributed by atoms with E-state index in [0.29, 0.717) is 5.69 Å². The molecule has 0 saturated heterocycles. The number of nitrogens with zero attached hydrogens (tertiary/aromatic N) is 2. The van der Waals surface area contributed by atoms with E-state index in [1.165, 1.54) is 0 Å². The molecule has 0 aliphatic heterocycles. The molecule has 110 valence electrons. The first-order valence-electron chi connectivity index (χ1n) is 7.03. The lowest BCUT2D eigenvalue weighted by molar-refractivity contribution is -0.116. The number of para-hydroxylation sites is 1. The summed E-state index contributed by atoms with van der Waals surface area (Å²) >= 11 is 0. The molecule has 0 radical (unpaired) electrons. The summed E-state index contributed by atoms with van der Waals surface area (Å²) < 4.78 is 1.59. The van der Waals surface area contributed by atoms with Gasteiger partial charge in [0, 0.05) is 30.6 Å². The molecule has 0 spiro atoms. The summed E-state index contributed by atoms with van der Waals surface area (Å²) in [5.74, 6) is -0.291. The number of benzene rings is 1. The second kappa shape index (κ2) is 6.22. The molecule has 2 aromatic heterocycles. The molecule has 3 aromatic rings. The Bertz CT molecular complexity index is 809. The Morgan fingerprint density at radius 2 is 1.91 bits per heavy atom. The fourth-order valence-electron chi connectivity index (χ4n) is 2.30. The quantitative estimate of drug-likeness (QED) is 0.804. The summed E-state index contributed by atoms with van der Waals surface area (Å²) in [6.07, 6.45) is 5.24. The predicted octanol–water partition coefficient (Wildman–Crippen LogP) is 3.10. The second-order valence-electron chi connectivity index (χ2n) is 4.93. The third-order valence-electron chi connectivity index (χ3n) is 3.38. The number of carbonyl (C=O) groups excluding carboxylic acids is 2. The normalized spacial score (nSPS) is 10.5. The molecule has 0 unspecified atom stereocenters. The third kappa shape index (κ3) is 3.03. The molecule has 0 saturated carbocycles. The lowest BCUT2D eigenvalue weighted by Gasteiger charge is -2.06. The van der Waals surface area contributed by atoms with Gasteiger partial charge < -0.3 is 5.32 Å². The minimum atomic E-state index is -0.196. The van der Waals surface area contributed by atoms with E-state index in [4.69, 9.17) is 0 Å². The van der Waals surface area contributed by atoms with Crippen molar-refractivity contribution in [1.29, 1.82) is 0 Å². The van der Waals surface area contributed by atoms with Crippen LogP contribution in [0.2, 0.25) is 0 Å². The van der Waals surface area contributed by atoms with Gasteiger partial charge in [-0.1, -0.05) is 18.2 Å². The summed E-state index contributed by atoms with van der Waals surface area (Å²) in [5, 5.41) is 3.73. The molecule has 0 aliphatic rings. The van der Waals surface area contributed by atoms with Gasteiger partial charge in [-0.05, 0) is 24.3 Å². The van der Waals surface area contributed by atoms with Crippen LogP contribution in [0.4, 0.5) is 5.69 Å². The molecule has 0 atom stereocenters. The van der Waals surface area contributed by atoms with Crippen LogP contribution in [0.1, 0.15) is 17.6 Å². The molecule has 1 N–H and O–H groups in total. The molecule has 0 aliphatic carbocycles. The van der Waals surface area contributed by atoms with Gasteiger partial charge in [0.2, 0.25) is 11.8 Å². The molecule has 0 bridgehead atoms. The van der Waals surface area contributed by atoms with Crippen LogP contribution in [0.5, 0.6) is 0 Å². The summed E-state index contributed by atoms with van der Waals surface area (Å²) in [6.45, 7) is 0. The topological polar surface area (TPSA) is 64.0 Å². The highest BCUT2D eigenvalue weighted by atomic mass is 16.2. The van der Waals surface area contributed by atoms with Crippen molar-refractivity contribution in [2.75, 3.05) is 5.32 Å². The number of hydrogen-bond donors (Lipinski definition) is 1. The summed E-state index contributed by atoms with van der Waals surface area (Å²) in [5.41, 5.74) is 1.49. The van der Waals surface area contributed by atoms with E-state index >= 15 is 0 Å². The van der Waals surface area contributed by atoms with E-state index < -0.39 is 0 Å². The van der Waals surface area contributed by atoms with Gasteiger partial charge in [0.05, 0.1) is 17.4 Å². The van der Waals surface area contributed by atoms with Crippen LogP contribution in [-0.4, -0.2) is 21.4 Å². The largest absolute Gasteiger partial charge is 0.325 e. The van der Waals surface area contributed by atoms with Gasteiger partial charge in [-0.15, -0.1) is 0 Å². The molecular weight excluding hydrogens is 278 g/mol. The van der Waals surface area contributed by atoms with Crippen molar-refractivity contribution in [3.05, 3.63) is 61.1 Å². The molecular formula is C17H15N3O2. The van der Waals surface area contributed by atoms with E-state index in [9.17, 15) is 9.59 Å². The highest BCUT2D eigenvalue weighted by Gasteiger charge is 2.11. The molecule has 5 heteroatoms. The molecule has 1 amide bonds. The number of aromatic nitrogens is 2. The van der Waals surface area contributed by atoms with Crippen molar-refractivity contribution in [1.82, 2.24) is 9.55 Å². The van der Waals surface area contributed by atoms with E-state index in [1.807, 2.05) is 30.3 Å².